The van der Waals surface area contributed by atoms with Crippen molar-refractivity contribution in [2.45, 2.75) is 11.5 Å². The lowest BCUT2D eigenvalue weighted by Crippen LogP contribution is -2.47. The first-order valence-corrected chi connectivity index (χ1v) is 9.75. The smallest absolute Gasteiger partial charge is 0.250 e. The van der Waals surface area contributed by atoms with Gasteiger partial charge in [-0.25, -0.2) is 4.39 Å². The first-order chi connectivity index (χ1) is 14.5. The Morgan fingerprint density at radius 1 is 1.00 bits per heavy atom. The zero-order valence-corrected chi connectivity index (χ0v) is 15.9. The van der Waals surface area contributed by atoms with Crippen LogP contribution < -0.4 is 10.6 Å². The standard InChI is InChI=1S/C24H19FN2O3/c25-16-9-5-14(6-10-16)21-18(22(29)15-7-11-17(28)12-8-15)13-26-24(21)19-3-1-2-4-20(19)27-23(24)30/h1-12,18,21,26,28H,13H2,(H,27,30)/t18-,21+,24+/m1/s1. The molecular weight excluding hydrogens is 383 g/mol. The van der Waals surface area contributed by atoms with Crippen molar-refractivity contribution in [2.75, 3.05) is 11.9 Å². The summed E-state index contributed by atoms with van der Waals surface area (Å²) >= 11 is 0. The Morgan fingerprint density at radius 3 is 2.43 bits per heavy atom. The number of halogens is 1. The number of para-hydroxylation sites is 1. The number of carbonyl (C=O) groups excluding carboxylic acids is 2. The molecule has 150 valence electrons. The maximum Gasteiger partial charge on any atom is 0.250 e. The van der Waals surface area contributed by atoms with Crippen LogP contribution in [-0.2, 0) is 10.3 Å². The third kappa shape index (κ3) is 2.64. The minimum Gasteiger partial charge on any atom is -0.508 e. The predicted molar refractivity (Wildman–Crippen MR) is 110 cm³/mol. The minimum atomic E-state index is -1.12. The monoisotopic (exact) mass is 402 g/mol. The Bertz CT molecular complexity index is 1140. The molecule has 1 spiro atoms. The van der Waals surface area contributed by atoms with Crippen molar-refractivity contribution in [2.24, 2.45) is 5.92 Å². The van der Waals surface area contributed by atoms with Crippen LogP contribution in [0, 0.1) is 11.7 Å². The number of hydrogen-bond donors (Lipinski definition) is 3. The summed E-state index contributed by atoms with van der Waals surface area (Å²) in [6.45, 7) is 0.295. The summed E-state index contributed by atoms with van der Waals surface area (Å²) in [5.74, 6) is -1.73. The molecular formula is C24H19FN2O3. The van der Waals surface area contributed by atoms with Crippen molar-refractivity contribution in [3.63, 3.8) is 0 Å². The highest BCUT2D eigenvalue weighted by Gasteiger charge is 2.60. The third-order valence-electron chi connectivity index (χ3n) is 6.15. The van der Waals surface area contributed by atoms with E-state index in [2.05, 4.69) is 10.6 Å². The Balaban J connectivity index is 1.66. The molecule has 6 heteroatoms. The number of fused-ring (bicyclic) bond motifs is 2. The lowest BCUT2D eigenvalue weighted by Gasteiger charge is -2.32. The van der Waals surface area contributed by atoms with Gasteiger partial charge in [-0.15, -0.1) is 0 Å². The number of amides is 1. The van der Waals surface area contributed by atoms with Gasteiger partial charge in [0.05, 0.1) is 0 Å². The van der Waals surface area contributed by atoms with Gasteiger partial charge in [0.2, 0.25) is 5.91 Å². The summed E-state index contributed by atoms with van der Waals surface area (Å²) in [4.78, 5) is 26.7. The molecule has 30 heavy (non-hydrogen) atoms. The van der Waals surface area contributed by atoms with Crippen LogP contribution >= 0.6 is 0 Å². The Morgan fingerprint density at radius 2 is 1.70 bits per heavy atom. The number of hydrogen-bond acceptors (Lipinski definition) is 4. The number of Topliss-reactive ketones (excluding diaryl/α,β-unsaturated/α-hetero) is 1. The molecule has 0 aromatic heterocycles. The highest BCUT2D eigenvalue weighted by Crippen LogP contribution is 2.52. The second kappa shape index (κ2) is 6.78. The van der Waals surface area contributed by atoms with Crippen molar-refractivity contribution >= 4 is 17.4 Å². The maximum absolute atomic E-state index is 13.6. The van der Waals surface area contributed by atoms with E-state index in [1.807, 2.05) is 24.3 Å². The van der Waals surface area contributed by atoms with E-state index in [9.17, 15) is 19.1 Å². The number of aromatic hydroxyl groups is 1. The highest BCUT2D eigenvalue weighted by atomic mass is 19.1. The van der Waals surface area contributed by atoms with Crippen molar-refractivity contribution in [3.8, 4) is 5.75 Å². The fourth-order valence-electron chi connectivity index (χ4n) is 4.80. The van der Waals surface area contributed by atoms with Gasteiger partial charge in [-0.3, -0.25) is 14.9 Å². The maximum atomic E-state index is 13.6. The molecule has 5 nitrogen and oxygen atoms in total. The molecule has 1 fully saturated rings. The van der Waals surface area contributed by atoms with Crippen LogP contribution in [0.5, 0.6) is 5.75 Å². The Kier molecular flexibility index (Phi) is 4.18. The van der Waals surface area contributed by atoms with Gasteiger partial charge in [-0.1, -0.05) is 30.3 Å². The van der Waals surface area contributed by atoms with Crippen LogP contribution in [0.15, 0.2) is 72.8 Å². The zero-order chi connectivity index (χ0) is 20.9. The molecule has 3 aromatic carbocycles. The van der Waals surface area contributed by atoms with Crippen LogP contribution in [-0.4, -0.2) is 23.3 Å². The third-order valence-corrected chi connectivity index (χ3v) is 6.15. The molecule has 5 rings (SSSR count). The number of anilines is 1. The lowest BCUT2D eigenvalue weighted by molar-refractivity contribution is -0.122. The summed E-state index contributed by atoms with van der Waals surface area (Å²) in [7, 11) is 0. The van der Waals surface area contributed by atoms with E-state index in [0.29, 0.717) is 23.4 Å². The van der Waals surface area contributed by atoms with Gasteiger partial charge >= 0.3 is 0 Å². The van der Waals surface area contributed by atoms with Crippen molar-refractivity contribution < 1.29 is 19.1 Å². The second-order valence-electron chi connectivity index (χ2n) is 7.74. The number of phenolic OH excluding ortho intramolecular Hbond substituents is 1. The van der Waals surface area contributed by atoms with E-state index in [-0.39, 0.29) is 23.3 Å². The van der Waals surface area contributed by atoms with Gasteiger partial charge in [-0.2, -0.15) is 0 Å². The average molecular weight is 402 g/mol. The van der Waals surface area contributed by atoms with Gasteiger partial charge in [-0.05, 0) is 48.0 Å². The van der Waals surface area contributed by atoms with Gasteiger partial charge in [0, 0.05) is 35.2 Å². The van der Waals surface area contributed by atoms with Crippen molar-refractivity contribution in [1.82, 2.24) is 5.32 Å². The van der Waals surface area contributed by atoms with Gasteiger partial charge < -0.3 is 10.4 Å². The van der Waals surface area contributed by atoms with E-state index in [1.165, 1.54) is 24.3 Å². The summed E-state index contributed by atoms with van der Waals surface area (Å²) in [6.07, 6.45) is 0. The van der Waals surface area contributed by atoms with Crippen LogP contribution in [0.2, 0.25) is 0 Å². The molecule has 3 aromatic rings. The Labute approximate surface area is 172 Å². The molecule has 0 unspecified atom stereocenters. The van der Waals surface area contributed by atoms with E-state index in [4.69, 9.17) is 0 Å². The fourth-order valence-corrected chi connectivity index (χ4v) is 4.80. The van der Waals surface area contributed by atoms with Crippen molar-refractivity contribution in [1.29, 1.82) is 0 Å². The molecule has 0 aliphatic carbocycles. The molecule has 2 aliphatic rings. The molecule has 0 radical (unpaired) electrons. The normalized spacial score (nSPS) is 24.6. The summed E-state index contributed by atoms with van der Waals surface area (Å²) < 4.78 is 13.6. The van der Waals surface area contributed by atoms with Gasteiger partial charge in [0.25, 0.3) is 0 Å². The average Bonchev–Trinajstić information content (AvgIpc) is 3.28. The van der Waals surface area contributed by atoms with E-state index < -0.39 is 17.4 Å². The molecule has 1 amide bonds. The number of carbonyl (C=O) groups is 2. The number of nitrogens with one attached hydrogen (secondary N) is 2. The first kappa shape index (κ1) is 18.5. The summed E-state index contributed by atoms with van der Waals surface area (Å²) in [6, 6.07) is 19.5. The lowest BCUT2D eigenvalue weighted by atomic mass is 9.70. The van der Waals surface area contributed by atoms with E-state index >= 15 is 0 Å². The minimum absolute atomic E-state index is 0.0757. The molecule has 2 heterocycles. The zero-order valence-electron chi connectivity index (χ0n) is 15.9. The first-order valence-electron chi connectivity index (χ1n) is 9.75. The molecule has 3 atom stereocenters. The van der Waals surface area contributed by atoms with Crippen LogP contribution in [0.1, 0.15) is 27.4 Å². The summed E-state index contributed by atoms with van der Waals surface area (Å²) in [5.41, 5.74) is 1.54. The second-order valence-corrected chi connectivity index (χ2v) is 7.74. The van der Waals surface area contributed by atoms with E-state index in [0.717, 1.165) is 5.56 Å². The van der Waals surface area contributed by atoms with Gasteiger partial charge in [0.1, 0.15) is 17.1 Å². The van der Waals surface area contributed by atoms with Gasteiger partial charge in [0.15, 0.2) is 5.78 Å². The van der Waals surface area contributed by atoms with Crippen molar-refractivity contribution in [3.05, 3.63) is 95.3 Å². The quantitative estimate of drug-likeness (QED) is 0.586. The molecule has 0 bridgehead atoms. The molecule has 1 saturated heterocycles. The number of phenols is 1. The topological polar surface area (TPSA) is 78.4 Å². The fraction of sp³-hybridized carbons (Fsp3) is 0.167. The predicted octanol–water partition coefficient (Wildman–Crippen LogP) is 3.56. The number of ketones is 1. The SMILES string of the molecule is O=C(c1ccc(O)cc1)[C@@H]1CN[C@]2(C(=O)Nc3ccccc32)[C@H]1c1ccc(F)cc1. The molecule has 0 saturated carbocycles. The number of rotatable bonds is 3. The highest BCUT2D eigenvalue weighted by molar-refractivity contribution is 6.09. The van der Waals surface area contributed by atoms with Crippen LogP contribution in [0.3, 0.4) is 0 Å². The molecule has 2 aliphatic heterocycles. The largest absolute Gasteiger partial charge is 0.508 e. The summed E-state index contributed by atoms with van der Waals surface area (Å²) in [5, 5.41) is 15.8. The number of benzene rings is 3. The van der Waals surface area contributed by atoms with Crippen LogP contribution in [0.4, 0.5) is 10.1 Å². The van der Waals surface area contributed by atoms with Crippen LogP contribution in [0.25, 0.3) is 0 Å². The molecule has 3 N–H and O–H groups in total. The van der Waals surface area contributed by atoms with E-state index in [1.54, 1.807) is 24.3 Å². The Hall–Kier alpha value is -3.51.